The number of nitrogens with one attached hydrogen (secondary N) is 2. The van der Waals surface area contributed by atoms with Gasteiger partial charge in [-0.05, 0) is 18.6 Å². The van der Waals surface area contributed by atoms with Gasteiger partial charge < -0.3 is 11.1 Å². The number of thioether (sulfide) groups is 1. The second kappa shape index (κ2) is 8.67. The first-order valence-corrected chi connectivity index (χ1v) is 11.3. The smallest absolute Gasteiger partial charge is 0.234 e. The van der Waals surface area contributed by atoms with Gasteiger partial charge >= 0.3 is 0 Å². The molecule has 3 rings (SSSR count). The van der Waals surface area contributed by atoms with E-state index in [1.807, 2.05) is 0 Å². The number of sulfonamides is 1. The number of halogens is 3. The Hall–Kier alpha value is -2.18. The van der Waals surface area contributed by atoms with Crippen molar-refractivity contribution in [2.45, 2.75) is 17.2 Å². The van der Waals surface area contributed by atoms with E-state index in [2.05, 4.69) is 20.0 Å². The van der Waals surface area contributed by atoms with Gasteiger partial charge in [-0.2, -0.15) is 0 Å². The van der Waals surface area contributed by atoms with Gasteiger partial charge in [-0.25, -0.2) is 22.8 Å². The van der Waals surface area contributed by atoms with Gasteiger partial charge in [0, 0.05) is 5.75 Å². The van der Waals surface area contributed by atoms with Crippen LogP contribution in [0.25, 0.3) is 0 Å². The van der Waals surface area contributed by atoms with Crippen LogP contribution in [-0.2, 0) is 14.8 Å². The Bertz CT molecular complexity index is 1060. The first-order valence-electron chi connectivity index (χ1n) is 8.32. The number of nitrogens with two attached hydrogens (primary N) is 1. The van der Waals surface area contributed by atoms with E-state index in [1.165, 1.54) is 18.1 Å². The van der Waals surface area contributed by atoms with Crippen molar-refractivity contribution in [1.29, 1.82) is 0 Å². The molecule has 4 N–H and O–H groups in total. The molecule has 1 amide bonds. The lowest BCUT2D eigenvalue weighted by Crippen LogP contribution is -2.23. The summed E-state index contributed by atoms with van der Waals surface area (Å²) in [6.45, 7) is -0.797. The van der Waals surface area contributed by atoms with Crippen molar-refractivity contribution < 1.29 is 22.0 Å². The Labute approximate surface area is 174 Å². The van der Waals surface area contributed by atoms with Gasteiger partial charge in [0.05, 0.1) is 45.3 Å². The summed E-state index contributed by atoms with van der Waals surface area (Å²) in [6, 6.07) is 2.08. The summed E-state index contributed by atoms with van der Waals surface area (Å²) in [5.41, 5.74) is 5.70. The molecule has 2 heterocycles. The summed E-state index contributed by atoms with van der Waals surface area (Å²) in [4.78, 5) is 21.2. The van der Waals surface area contributed by atoms with Gasteiger partial charge in [-0.15, -0.1) is 11.8 Å². The zero-order chi connectivity index (χ0) is 21.2. The van der Waals surface area contributed by atoms with Crippen molar-refractivity contribution in [3.05, 3.63) is 35.0 Å². The molecule has 1 aromatic heterocycles. The van der Waals surface area contributed by atoms with Gasteiger partial charge in [0.1, 0.15) is 18.0 Å². The minimum Gasteiger partial charge on any atom is -0.383 e. The summed E-state index contributed by atoms with van der Waals surface area (Å²) in [5.74, 6) is -2.00. The first kappa shape index (κ1) is 21.5. The molecule has 1 atom stereocenters. The van der Waals surface area contributed by atoms with Crippen LogP contribution in [0.2, 0.25) is 5.02 Å². The molecule has 0 bridgehead atoms. The second-order valence-electron chi connectivity index (χ2n) is 6.07. The van der Waals surface area contributed by atoms with E-state index < -0.39 is 40.1 Å². The average Bonchev–Trinajstić information content (AvgIpc) is 3.11. The lowest BCUT2D eigenvalue weighted by atomic mass is 10.1. The summed E-state index contributed by atoms with van der Waals surface area (Å²) in [6.07, 6.45) is 1.04. The summed E-state index contributed by atoms with van der Waals surface area (Å²) >= 11 is 7.43. The summed E-state index contributed by atoms with van der Waals surface area (Å²) in [5, 5.41) is 2.07. The van der Waals surface area contributed by atoms with Crippen molar-refractivity contribution in [1.82, 2.24) is 9.97 Å². The molecule has 1 aliphatic heterocycles. The van der Waals surface area contributed by atoms with Gasteiger partial charge in [0.2, 0.25) is 15.9 Å². The summed E-state index contributed by atoms with van der Waals surface area (Å²) in [7, 11) is -3.88. The maximum atomic E-state index is 14.3. The summed E-state index contributed by atoms with van der Waals surface area (Å²) < 4.78 is 52.6. The number of hydrogen-bond donors (Lipinski definition) is 3. The molecule has 0 saturated carbocycles. The molecule has 0 radical (unpaired) electrons. The van der Waals surface area contributed by atoms with Gasteiger partial charge in [0.15, 0.2) is 0 Å². The fraction of sp³-hybridized carbons (Fsp3) is 0.312. The molecular weight excluding hydrogens is 448 g/mol. The van der Waals surface area contributed by atoms with Crippen molar-refractivity contribution in [3.63, 3.8) is 0 Å². The number of carbonyl (C=O) groups excluding carboxylic acids is 1. The number of hydrogen-bond acceptors (Lipinski definition) is 7. The number of nitrogens with zero attached hydrogens (tertiary/aromatic N) is 2. The quantitative estimate of drug-likeness (QED) is 0.576. The Morgan fingerprint density at radius 1 is 1.38 bits per heavy atom. The number of carbonyl (C=O) groups is 1. The van der Waals surface area contributed by atoms with Crippen LogP contribution in [0, 0.1) is 5.82 Å². The molecule has 0 saturated heterocycles. The molecule has 0 fully saturated rings. The monoisotopic (exact) mass is 463 g/mol. The predicted molar refractivity (Wildman–Crippen MR) is 108 cm³/mol. The fourth-order valence-corrected chi connectivity index (χ4v) is 5.25. The molecule has 2 aromatic rings. The van der Waals surface area contributed by atoms with Crippen molar-refractivity contribution >= 4 is 56.5 Å². The molecule has 29 heavy (non-hydrogen) atoms. The zero-order valence-electron chi connectivity index (χ0n) is 14.8. The maximum Gasteiger partial charge on any atom is 0.234 e. The van der Waals surface area contributed by atoms with E-state index in [0.29, 0.717) is 16.3 Å². The van der Waals surface area contributed by atoms with Gasteiger partial charge in [-0.3, -0.25) is 13.9 Å². The van der Waals surface area contributed by atoms with Crippen LogP contribution >= 0.6 is 23.4 Å². The number of alkyl halides is 1. The van der Waals surface area contributed by atoms with E-state index in [9.17, 15) is 22.0 Å². The third-order valence-electron chi connectivity index (χ3n) is 4.05. The predicted octanol–water partition coefficient (Wildman–Crippen LogP) is 2.78. The molecule has 0 aliphatic carbocycles. The Kier molecular flexibility index (Phi) is 6.44. The molecule has 1 aliphatic rings. The van der Waals surface area contributed by atoms with E-state index in [4.69, 9.17) is 17.3 Å². The highest BCUT2D eigenvalue weighted by molar-refractivity contribution is 7.99. The van der Waals surface area contributed by atoms with Crippen molar-refractivity contribution in [3.8, 4) is 0 Å². The van der Waals surface area contributed by atoms with Crippen LogP contribution in [0.3, 0.4) is 0 Å². The Morgan fingerprint density at radius 3 is 2.86 bits per heavy atom. The topological polar surface area (TPSA) is 127 Å². The number of nitrogen functional groups attached to an aromatic ring is 1. The van der Waals surface area contributed by atoms with E-state index >= 15 is 0 Å². The van der Waals surface area contributed by atoms with Crippen LogP contribution in [0.15, 0.2) is 23.4 Å². The van der Waals surface area contributed by atoms with Crippen LogP contribution in [0.5, 0.6) is 0 Å². The number of fused-ring (bicyclic) bond motifs is 1. The lowest BCUT2D eigenvalue weighted by Gasteiger charge is -2.16. The van der Waals surface area contributed by atoms with Crippen LogP contribution < -0.4 is 15.8 Å². The average molecular weight is 464 g/mol. The Balaban J connectivity index is 1.83. The number of aromatic nitrogens is 2. The lowest BCUT2D eigenvalue weighted by molar-refractivity contribution is -0.117. The number of benzene rings is 1. The normalized spacial score (nSPS) is 15.8. The largest absolute Gasteiger partial charge is 0.383 e. The van der Waals surface area contributed by atoms with Crippen LogP contribution in [0.4, 0.5) is 26.0 Å². The highest BCUT2D eigenvalue weighted by atomic mass is 35.5. The van der Waals surface area contributed by atoms with Crippen molar-refractivity contribution in [2.24, 2.45) is 0 Å². The molecule has 156 valence electrons. The first-order chi connectivity index (χ1) is 13.7. The van der Waals surface area contributed by atoms with E-state index in [0.717, 1.165) is 12.1 Å². The standard InChI is InChI=1S/C16H16ClF2N5O3S2/c17-11-10(24-29(26,27)5-1-4-18)3-2-9(19)13(11)23-16(25)8-6-28-14-12(8)21-7-22-15(14)20/h2-3,7-8,24H,1,4-6H2,(H,23,25)(H2,20,21,22). The highest BCUT2D eigenvalue weighted by Gasteiger charge is 2.33. The minimum atomic E-state index is -3.88. The van der Waals surface area contributed by atoms with Crippen LogP contribution in [0.1, 0.15) is 18.0 Å². The highest BCUT2D eigenvalue weighted by Crippen LogP contribution is 2.42. The molecule has 13 heteroatoms. The third kappa shape index (κ3) is 4.70. The van der Waals surface area contributed by atoms with E-state index in [1.54, 1.807) is 0 Å². The van der Waals surface area contributed by atoms with Gasteiger partial charge in [0.25, 0.3) is 0 Å². The third-order valence-corrected chi connectivity index (χ3v) is 7.01. The molecule has 1 unspecified atom stereocenters. The SMILES string of the molecule is Nc1ncnc2c1SCC2C(=O)Nc1c(F)ccc(NS(=O)(=O)CCCF)c1Cl. The van der Waals surface area contributed by atoms with Crippen LogP contribution in [-0.4, -0.2) is 42.5 Å². The zero-order valence-corrected chi connectivity index (χ0v) is 17.2. The molecule has 8 nitrogen and oxygen atoms in total. The number of amides is 1. The molecule has 0 spiro atoms. The fourth-order valence-electron chi connectivity index (χ4n) is 2.66. The number of anilines is 3. The number of rotatable bonds is 7. The van der Waals surface area contributed by atoms with E-state index in [-0.39, 0.29) is 28.6 Å². The molecular formula is C16H16ClF2N5O3S2. The van der Waals surface area contributed by atoms with Gasteiger partial charge in [-0.1, -0.05) is 11.6 Å². The maximum absolute atomic E-state index is 14.3. The van der Waals surface area contributed by atoms with Crippen molar-refractivity contribution in [2.75, 3.05) is 34.0 Å². The Morgan fingerprint density at radius 2 is 2.14 bits per heavy atom. The molecule has 1 aromatic carbocycles. The second-order valence-corrected chi connectivity index (χ2v) is 9.32. The minimum absolute atomic E-state index is 0.130.